The first kappa shape index (κ1) is 11.3. The fourth-order valence-electron chi connectivity index (χ4n) is 2.13. The number of halogens is 1. The van der Waals surface area contributed by atoms with Crippen molar-refractivity contribution >= 4 is 0 Å². The predicted octanol–water partition coefficient (Wildman–Crippen LogP) is 2.08. The first-order valence-corrected chi connectivity index (χ1v) is 5.70. The van der Waals surface area contributed by atoms with Gasteiger partial charge < -0.3 is 9.64 Å². The predicted molar refractivity (Wildman–Crippen MR) is 60.0 cm³/mol. The van der Waals surface area contributed by atoms with Crippen molar-refractivity contribution in [3.8, 4) is 5.75 Å². The molecule has 3 nitrogen and oxygen atoms in total. The molecule has 1 aromatic heterocycles. The van der Waals surface area contributed by atoms with Crippen molar-refractivity contribution in [2.75, 3.05) is 20.2 Å². The molecule has 1 saturated heterocycles. The highest BCUT2D eigenvalue weighted by Crippen LogP contribution is 2.18. The Hall–Kier alpha value is -1.16. The molecule has 1 aliphatic rings. The molecule has 0 amide bonds. The van der Waals surface area contributed by atoms with Gasteiger partial charge in [-0.1, -0.05) is 0 Å². The van der Waals surface area contributed by atoms with Crippen LogP contribution in [0.15, 0.2) is 18.3 Å². The number of likely N-dealkylation sites (tertiary alicyclic amines) is 1. The minimum absolute atomic E-state index is 0.490. The van der Waals surface area contributed by atoms with Gasteiger partial charge in [0.1, 0.15) is 5.75 Å². The molecule has 0 bridgehead atoms. The second kappa shape index (κ2) is 5.25. The Morgan fingerprint density at radius 2 is 2.50 bits per heavy atom. The maximum Gasteiger partial charge on any atom is 0.216 e. The van der Waals surface area contributed by atoms with Gasteiger partial charge in [0, 0.05) is 18.3 Å². The molecule has 1 unspecified atom stereocenters. The zero-order valence-corrected chi connectivity index (χ0v) is 9.53. The molecule has 1 aliphatic heterocycles. The molecular weight excluding hydrogens is 207 g/mol. The lowest BCUT2D eigenvalue weighted by molar-refractivity contribution is 0.232. The number of pyridine rings is 1. The highest BCUT2D eigenvalue weighted by Gasteiger charge is 2.20. The SMILES string of the molecule is CN1CCCC1CCOc1ccnc(F)c1. The molecule has 2 rings (SSSR count). The van der Waals surface area contributed by atoms with Crippen LogP contribution < -0.4 is 4.74 Å². The number of ether oxygens (including phenoxy) is 1. The van der Waals surface area contributed by atoms with Crippen LogP contribution in [0, 0.1) is 5.95 Å². The Morgan fingerprint density at radius 1 is 1.62 bits per heavy atom. The van der Waals surface area contributed by atoms with E-state index in [1.807, 2.05) is 0 Å². The second-order valence-electron chi connectivity index (χ2n) is 4.23. The average Bonchev–Trinajstić information content (AvgIpc) is 2.65. The molecule has 0 N–H and O–H groups in total. The summed E-state index contributed by atoms with van der Waals surface area (Å²) < 4.78 is 18.2. The molecule has 1 fully saturated rings. The smallest absolute Gasteiger partial charge is 0.216 e. The number of nitrogens with zero attached hydrogens (tertiary/aromatic N) is 2. The van der Waals surface area contributed by atoms with E-state index in [9.17, 15) is 4.39 Å². The number of rotatable bonds is 4. The molecule has 16 heavy (non-hydrogen) atoms. The molecular formula is C12H17FN2O. The van der Waals surface area contributed by atoms with Gasteiger partial charge in [0.15, 0.2) is 0 Å². The minimum Gasteiger partial charge on any atom is -0.493 e. The van der Waals surface area contributed by atoms with E-state index in [2.05, 4.69) is 16.9 Å². The zero-order valence-electron chi connectivity index (χ0n) is 9.53. The largest absolute Gasteiger partial charge is 0.493 e. The van der Waals surface area contributed by atoms with Crippen LogP contribution in [0.2, 0.25) is 0 Å². The van der Waals surface area contributed by atoms with Crippen LogP contribution in [0.3, 0.4) is 0 Å². The van der Waals surface area contributed by atoms with Crippen molar-refractivity contribution in [1.82, 2.24) is 9.88 Å². The van der Waals surface area contributed by atoms with E-state index in [0.29, 0.717) is 18.4 Å². The summed E-state index contributed by atoms with van der Waals surface area (Å²) in [6, 6.07) is 3.62. The van der Waals surface area contributed by atoms with Crippen molar-refractivity contribution in [3.63, 3.8) is 0 Å². The average molecular weight is 224 g/mol. The highest BCUT2D eigenvalue weighted by atomic mass is 19.1. The summed E-state index contributed by atoms with van der Waals surface area (Å²) in [6.07, 6.45) is 4.93. The Morgan fingerprint density at radius 3 is 3.19 bits per heavy atom. The first-order valence-electron chi connectivity index (χ1n) is 5.70. The van der Waals surface area contributed by atoms with Crippen molar-refractivity contribution in [2.24, 2.45) is 0 Å². The minimum atomic E-state index is -0.490. The summed E-state index contributed by atoms with van der Waals surface area (Å²) in [5.74, 6) is 0.0728. The Balaban J connectivity index is 1.75. The van der Waals surface area contributed by atoms with Gasteiger partial charge in [-0.25, -0.2) is 4.98 Å². The molecule has 0 aliphatic carbocycles. The van der Waals surface area contributed by atoms with Crippen LogP contribution in [0.25, 0.3) is 0 Å². The Labute approximate surface area is 95.2 Å². The lowest BCUT2D eigenvalue weighted by Gasteiger charge is -2.19. The van der Waals surface area contributed by atoms with E-state index < -0.39 is 5.95 Å². The third kappa shape index (κ3) is 2.92. The molecule has 0 radical (unpaired) electrons. The van der Waals surface area contributed by atoms with Gasteiger partial charge in [0.2, 0.25) is 5.95 Å². The molecule has 1 atom stereocenters. The fraction of sp³-hybridized carbons (Fsp3) is 0.583. The zero-order chi connectivity index (χ0) is 11.4. The van der Waals surface area contributed by atoms with E-state index in [1.165, 1.54) is 31.6 Å². The topological polar surface area (TPSA) is 25.4 Å². The van der Waals surface area contributed by atoms with Crippen molar-refractivity contribution in [2.45, 2.75) is 25.3 Å². The van der Waals surface area contributed by atoms with Crippen LogP contribution in [0.4, 0.5) is 4.39 Å². The Kier molecular flexibility index (Phi) is 3.72. The van der Waals surface area contributed by atoms with Crippen molar-refractivity contribution in [3.05, 3.63) is 24.3 Å². The van der Waals surface area contributed by atoms with Gasteiger partial charge in [-0.05, 0) is 38.9 Å². The van der Waals surface area contributed by atoms with Crippen LogP contribution in [0.5, 0.6) is 5.75 Å². The molecule has 0 saturated carbocycles. The van der Waals surface area contributed by atoms with Crippen LogP contribution in [-0.4, -0.2) is 36.1 Å². The molecule has 0 spiro atoms. The summed E-state index contributed by atoms with van der Waals surface area (Å²) in [4.78, 5) is 5.84. The molecule has 4 heteroatoms. The van der Waals surface area contributed by atoms with Gasteiger partial charge in [-0.15, -0.1) is 0 Å². The van der Waals surface area contributed by atoms with E-state index in [-0.39, 0.29) is 0 Å². The van der Waals surface area contributed by atoms with E-state index in [4.69, 9.17) is 4.74 Å². The van der Waals surface area contributed by atoms with Crippen LogP contribution in [0.1, 0.15) is 19.3 Å². The van der Waals surface area contributed by atoms with E-state index in [0.717, 1.165) is 6.42 Å². The first-order chi connectivity index (χ1) is 7.75. The fourth-order valence-corrected chi connectivity index (χ4v) is 2.13. The molecule has 1 aromatic rings. The lowest BCUT2D eigenvalue weighted by Crippen LogP contribution is -2.26. The standard InChI is InChI=1S/C12H17FN2O/c1-15-7-2-3-10(15)5-8-16-11-4-6-14-12(13)9-11/h4,6,9-10H,2-3,5,7-8H2,1H3. The van der Waals surface area contributed by atoms with Gasteiger partial charge in [-0.2, -0.15) is 4.39 Å². The number of aromatic nitrogens is 1. The lowest BCUT2D eigenvalue weighted by atomic mass is 10.1. The van der Waals surface area contributed by atoms with Crippen LogP contribution in [-0.2, 0) is 0 Å². The quantitative estimate of drug-likeness (QED) is 0.732. The third-order valence-corrected chi connectivity index (χ3v) is 3.09. The van der Waals surface area contributed by atoms with Crippen molar-refractivity contribution < 1.29 is 9.13 Å². The normalized spacial score (nSPS) is 21.2. The molecule has 0 aromatic carbocycles. The van der Waals surface area contributed by atoms with Crippen LogP contribution >= 0.6 is 0 Å². The number of hydrogen-bond donors (Lipinski definition) is 0. The molecule has 88 valence electrons. The van der Waals surface area contributed by atoms with Gasteiger partial charge in [0.25, 0.3) is 0 Å². The summed E-state index contributed by atoms with van der Waals surface area (Å²) in [5.41, 5.74) is 0. The second-order valence-corrected chi connectivity index (χ2v) is 4.23. The van der Waals surface area contributed by atoms with E-state index in [1.54, 1.807) is 6.07 Å². The summed E-state index contributed by atoms with van der Waals surface area (Å²) in [6.45, 7) is 1.81. The number of hydrogen-bond acceptors (Lipinski definition) is 3. The maximum absolute atomic E-state index is 12.8. The van der Waals surface area contributed by atoms with Gasteiger partial charge >= 0.3 is 0 Å². The van der Waals surface area contributed by atoms with E-state index >= 15 is 0 Å². The third-order valence-electron chi connectivity index (χ3n) is 3.09. The summed E-state index contributed by atoms with van der Waals surface area (Å²) >= 11 is 0. The van der Waals surface area contributed by atoms with Gasteiger partial charge in [0.05, 0.1) is 6.61 Å². The highest BCUT2D eigenvalue weighted by molar-refractivity contribution is 5.17. The summed E-state index contributed by atoms with van der Waals surface area (Å²) in [7, 11) is 2.14. The summed E-state index contributed by atoms with van der Waals surface area (Å²) in [5, 5.41) is 0. The molecule has 2 heterocycles. The van der Waals surface area contributed by atoms with Gasteiger partial charge in [-0.3, -0.25) is 0 Å². The van der Waals surface area contributed by atoms with Crippen molar-refractivity contribution in [1.29, 1.82) is 0 Å². The Bertz CT molecular complexity index is 346. The maximum atomic E-state index is 12.8. The monoisotopic (exact) mass is 224 g/mol.